The van der Waals surface area contributed by atoms with Gasteiger partial charge in [-0.2, -0.15) is 0 Å². The minimum Gasteiger partial charge on any atom is -0.506 e. The van der Waals surface area contributed by atoms with E-state index in [4.69, 9.17) is 9.72 Å². The van der Waals surface area contributed by atoms with E-state index in [2.05, 4.69) is 44.9 Å². The molecule has 160 valence electrons. The van der Waals surface area contributed by atoms with E-state index >= 15 is 0 Å². The van der Waals surface area contributed by atoms with Crippen molar-refractivity contribution >= 4 is 17.0 Å². The lowest BCUT2D eigenvalue weighted by molar-refractivity contribution is 0.0378. The van der Waals surface area contributed by atoms with E-state index in [9.17, 15) is 5.11 Å². The summed E-state index contributed by atoms with van der Waals surface area (Å²) in [6.45, 7) is 10.1. The maximum Gasteiger partial charge on any atom is 0.204 e. The summed E-state index contributed by atoms with van der Waals surface area (Å²) in [5.41, 5.74) is 4.83. The molecule has 30 heavy (non-hydrogen) atoms. The molecule has 0 aliphatic carbocycles. The van der Waals surface area contributed by atoms with Gasteiger partial charge in [-0.15, -0.1) is 0 Å². The Hall–Kier alpha value is -2.64. The second kappa shape index (κ2) is 9.45. The third kappa shape index (κ3) is 4.74. The van der Waals surface area contributed by atoms with Crippen molar-refractivity contribution in [3.63, 3.8) is 0 Å². The maximum absolute atomic E-state index is 10.3. The van der Waals surface area contributed by atoms with E-state index in [0.717, 1.165) is 74.9 Å². The number of imidazole rings is 1. The Labute approximate surface area is 177 Å². The number of rotatable bonds is 8. The number of hydrogen-bond acceptors (Lipinski definition) is 6. The molecule has 0 amide bonds. The normalized spacial score (nSPS) is 15.0. The van der Waals surface area contributed by atoms with Crippen molar-refractivity contribution in [2.24, 2.45) is 0 Å². The van der Waals surface area contributed by atoms with Crippen molar-refractivity contribution in [3.8, 4) is 5.75 Å². The number of fused-ring (bicyclic) bond motifs is 1. The van der Waals surface area contributed by atoms with Crippen LogP contribution in [0.2, 0.25) is 0 Å². The highest BCUT2D eigenvalue weighted by Crippen LogP contribution is 2.25. The molecule has 1 saturated heterocycles. The molecular weight excluding hydrogens is 378 g/mol. The highest BCUT2D eigenvalue weighted by atomic mass is 16.5. The molecule has 4 rings (SSSR count). The lowest BCUT2D eigenvalue weighted by Gasteiger charge is -2.26. The third-order valence-electron chi connectivity index (χ3n) is 5.66. The quantitative estimate of drug-likeness (QED) is 0.557. The van der Waals surface area contributed by atoms with Crippen LogP contribution in [0.15, 0.2) is 30.3 Å². The summed E-state index contributed by atoms with van der Waals surface area (Å²) in [7, 11) is 0. The van der Waals surface area contributed by atoms with Crippen molar-refractivity contribution in [3.05, 3.63) is 47.3 Å². The van der Waals surface area contributed by atoms with E-state index in [-0.39, 0.29) is 5.75 Å². The molecule has 7 heteroatoms. The summed E-state index contributed by atoms with van der Waals surface area (Å²) in [6, 6.07) is 9.93. The summed E-state index contributed by atoms with van der Waals surface area (Å²) in [4.78, 5) is 11.8. The van der Waals surface area contributed by atoms with Gasteiger partial charge in [0.05, 0.1) is 30.8 Å². The zero-order valence-corrected chi connectivity index (χ0v) is 17.9. The largest absolute Gasteiger partial charge is 0.506 e. The molecule has 0 atom stereocenters. The second-order valence-electron chi connectivity index (χ2n) is 7.85. The van der Waals surface area contributed by atoms with E-state index in [0.29, 0.717) is 12.2 Å². The number of hydrogen-bond donors (Lipinski definition) is 2. The van der Waals surface area contributed by atoms with E-state index < -0.39 is 0 Å². The Kier molecular flexibility index (Phi) is 6.50. The van der Waals surface area contributed by atoms with Crippen LogP contribution in [-0.4, -0.2) is 63.9 Å². The van der Waals surface area contributed by atoms with Crippen LogP contribution in [0.1, 0.15) is 30.3 Å². The summed E-state index contributed by atoms with van der Waals surface area (Å²) in [5, 5.41) is 13.8. The molecule has 3 heterocycles. The predicted octanol–water partition coefficient (Wildman–Crippen LogP) is 3.19. The number of benzene rings is 1. The lowest BCUT2D eigenvalue weighted by Crippen LogP contribution is -2.37. The highest BCUT2D eigenvalue weighted by molar-refractivity contribution is 5.79. The van der Waals surface area contributed by atoms with E-state index in [1.165, 1.54) is 5.56 Å². The Balaban J connectivity index is 1.54. The van der Waals surface area contributed by atoms with E-state index in [1.54, 1.807) is 6.07 Å². The first-order chi connectivity index (χ1) is 14.6. The Morgan fingerprint density at radius 1 is 1.13 bits per heavy atom. The van der Waals surface area contributed by atoms with Crippen molar-refractivity contribution in [2.45, 2.75) is 33.2 Å². The molecule has 0 bridgehead atoms. The first-order valence-corrected chi connectivity index (χ1v) is 10.8. The number of nitrogens with zero attached hydrogens (tertiary/aromatic N) is 4. The van der Waals surface area contributed by atoms with Gasteiger partial charge in [0, 0.05) is 25.3 Å². The van der Waals surface area contributed by atoms with Crippen molar-refractivity contribution in [1.29, 1.82) is 0 Å². The fraction of sp³-hybridized carbons (Fsp3) is 0.478. The molecule has 3 aromatic rings. The van der Waals surface area contributed by atoms with Crippen LogP contribution in [0.25, 0.3) is 11.0 Å². The van der Waals surface area contributed by atoms with Gasteiger partial charge in [-0.05, 0) is 56.1 Å². The van der Waals surface area contributed by atoms with Gasteiger partial charge in [-0.1, -0.05) is 13.0 Å². The van der Waals surface area contributed by atoms with Gasteiger partial charge >= 0.3 is 0 Å². The standard InChI is InChI=1S/C23H31N5O2/c1-3-18-6-7-19-21(15-18)28(16-20-22(29)8-5-17(2)25-20)23(26-19)24-9-4-10-27-11-13-30-14-12-27/h5-8,15,29H,3-4,9-14,16H2,1-2H3,(H,24,26). The molecule has 2 aromatic heterocycles. The fourth-order valence-corrected chi connectivity index (χ4v) is 3.88. The minimum atomic E-state index is 0.215. The summed E-state index contributed by atoms with van der Waals surface area (Å²) in [6.07, 6.45) is 2.01. The summed E-state index contributed by atoms with van der Waals surface area (Å²) < 4.78 is 7.55. The van der Waals surface area contributed by atoms with Crippen LogP contribution in [0.5, 0.6) is 5.75 Å². The van der Waals surface area contributed by atoms with Gasteiger partial charge in [0.15, 0.2) is 0 Å². The topological polar surface area (TPSA) is 75.4 Å². The summed E-state index contributed by atoms with van der Waals surface area (Å²) in [5.74, 6) is 1.04. The molecule has 0 unspecified atom stereocenters. The average Bonchev–Trinajstić information content (AvgIpc) is 3.11. The van der Waals surface area contributed by atoms with Gasteiger partial charge in [0.1, 0.15) is 11.4 Å². The predicted molar refractivity (Wildman–Crippen MR) is 119 cm³/mol. The number of pyridine rings is 1. The summed E-state index contributed by atoms with van der Waals surface area (Å²) >= 11 is 0. The van der Waals surface area contributed by atoms with E-state index in [1.807, 2.05) is 13.0 Å². The molecule has 1 aromatic carbocycles. The SMILES string of the molecule is CCc1ccc2nc(NCCCN3CCOCC3)n(Cc3nc(C)ccc3O)c2c1. The first-order valence-electron chi connectivity index (χ1n) is 10.8. The molecule has 2 N–H and O–H groups in total. The Morgan fingerprint density at radius 3 is 2.77 bits per heavy atom. The number of ether oxygens (including phenoxy) is 1. The zero-order chi connectivity index (χ0) is 20.9. The van der Waals surface area contributed by atoms with Crippen LogP contribution in [0.4, 0.5) is 5.95 Å². The maximum atomic E-state index is 10.3. The number of aryl methyl sites for hydroxylation is 2. The monoisotopic (exact) mass is 409 g/mol. The molecule has 1 aliphatic rings. The van der Waals surface area contributed by atoms with Gasteiger partial charge in [0.2, 0.25) is 5.95 Å². The van der Waals surface area contributed by atoms with Gasteiger partial charge in [-0.3, -0.25) is 9.88 Å². The van der Waals surface area contributed by atoms with Crippen molar-refractivity contribution < 1.29 is 9.84 Å². The van der Waals surface area contributed by atoms with Crippen molar-refractivity contribution in [1.82, 2.24) is 19.4 Å². The Morgan fingerprint density at radius 2 is 1.97 bits per heavy atom. The van der Waals surface area contributed by atoms with Crippen LogP contribution in [0.3, 0.4) is 0 Å². The molecule has 0 spiro atoms. The molecule has 1 aliphatic heterocycles. The zero-order valence-electron chi connectivity index (χ0n) is 17.9. The molecule has 1 fully saturated rings. The lowest BCUT2D eigenvalue weighted by atomic mass is 10.1. The highest BCUT2D eigenvalue weighted by Gasteiger charge is 2.15. The number of aromatic nitrogens is 3. The minimum absolute atomic E-state index is 0.215. The van der Waals surface area contributed by atoms with Crippen LogP contribution < -0.4 is 5.32 Å². The third-order valence-corrected chi connectivity index (χ3v) is 5.66. The number of morpholine rings is 1. The Bertz CT molecular complexity index is 995. The molecule has 0 saturated carbocycles. The van der Waals surface area contributed by atoms with Crippen LogP contribution in [0, 0.1) is 6.92 Å². The number of anilines is 1. The molecular formula is C23H31N5O2. The van der Waals surface area contributed by atoms with Gasteiger partial charge in [0.25, 0.3) is 0 Å². The smallest absolute Gasteiger partial charge is 0.204 e. The van der Waals surface area contributed by atoms with Gasteiger partial charge < -0.3 is 19.7 Å². The van der Waals surface area contributed by atoms with Crippen LogP contribution >= 0.6 is 0 Å². The van der Waals surface area contributed by atoms with Crippen LogP contribution in [-0.2, 0) is 17.7 Å². The van der Waals surface area contributed by atoms with Gasteiger partial charge in [-0.25, -0.2) is 4.98 Å². The molecule has 7 nitrogen and oxygen atoms in total. The molecule has 0 radical (unpaired) electrons. The average molecular weight is 410 g/mol. The number of aromatic hydroxyl groups is 1. The second-order valence-corrected chi connectivity index (χ2v) is 7.85. The first kappa shape index (κ1) is 20.6. The number of nitrogens with one attached hydrogen (secondary N) is 1. The fourth-order valence-electron chi connectivity index (χ4n) is 3.88. The van der Waals surface area contributed by atoms with Crippen molar-refractivity contribution in [2.75, 3.05) is 44.7 Å².